The van der Waals surface area contributed by atoms with Gasteiger partial charge in [-0.2, -0.15) is 0 Å². The van der Waals surface area contributed by atoms with Crippen LogP contribution in [0.5, 0.6) is 11.5 Å². The van der Waals surface area contributed by atoms with Gasteiger partial charge >= 0.3 is 5.97 Å². The van der Waals surface area contributed by atoms with E-state index in [2.05, 4.69) is 6.92 Å². The molecule has 0 amide bonds. The average molecular weight is 409 g/mol. The number of rotatable bonds is 18. The molecule has 5 heteroatoms. The molecule has 0 aliphatic rings. The summed E-state index contributed by atoms with van der Waals surface area (Å²) in [5, 5.41) is 28.4. The second-order valence-electron chi connectivity index (χ2n) is 7.88. The number of unbranched alkanes of at least 4 members (excludes halogenated alkanes) is 11. The lowest BCUT2D eigenvalue weighted by Crippen LogP contribution is -2.03. The number of phenolic OH excluding ortho intramolecular Hbond substituents is 1. The minimum Gasteiger partial charge on any atom is -0.504 e. The minimum atomic E-state index is -1.21. The fourth-order valence-corrected chi connectivity index (χ4v) is 3.56. The zero-order chi connectivity index (χ0) is 21.3. The van der Waals surface area contributed by atoms with E-state index in [9.17, 15) is 20.1 Å². The zero-order valence-corrected chi connectivity index (χ0v) is 18.1. The van der Waals surface area contributed by atoms with Crippen LogP contribution in [-0.2, 0) is 11.2 Å². The molecule has 0 aromatic heterocycles. The third-order valence-corrected chi connectivity index (χ3v) is 5.33. The van der Waals surface area contributed by atoms with Gasteiger partial charge in [-0.15, -0.1) is 0 Å². The molecule has 0 radical (unpaired) electrons. The van der Waals surface area contributed by atoms with E-state index < -0.39 is 17.5 Å². The highest BCUT2D eigenvalue weighted by Crippen LogP contribution is 2.32. The molecule has 5 nitrogen and oxygen atoms in total. The van der Waals surface area contributed by atoms with E-state index >= 15 is 0 Å². The number of benzene rings is 1. The molecule has 0 spiro atoms. The van der Waals surface area contributed by atoms with E-state index in [4.69, 9.17) is 4.74 Å². The van der Waals surface area contributed by atoms with Gasteiger partial charge in [-0.05, 0) is 37.3 Å². The number of carbonyl (C=O) groups is 1. The predicted octanol–water partition coefficient (Wildman–Crippen LogP) is 6.45. The molecular formula is C24H40O5. The fraction of sp³-hybridized carbons (Fsp3) is 0.708. The summed E-state index contributed by atoms with van der Waals surface area (Å²) in [6.07, 6.45) is 16.3. The highest BCUT2D eigenvalue weighted by Gasteiger charge is 2.18. The first-order valence-corrected chi connectivity index (χ1v) is 11.4. The molecule has 0 unspecified atom stereocenters. The van der Waals surface area contributed by atoms with Crippen molar-refractivity contribution in [3.8, 4) is 11.5 Å². The lowest BCUT2D eigenvalue weighted by atomic mass is 9.99. The van der Waals surface area contributed by atoms with Gasteiger partial charge in [-0.1, -0.05) is 77.2 Å². The molecule has 0 saturated heterocycles. The summed E-state index contributed by atoms with van der Waals surface area (Å²) in [5.74, 6) is -2.14. The number of ether oxygens (including phenoxy) is 1. The molecule has 1 aromatic rings. The monoisotopic (exact) mass is 408 g/mol. The van der Waals surface area contributed by atoms with Crippen LogP contribution in [0, 0.1) is 0 Å². The number of aromatic hydroxyl groups is 2. The highest BCUT2D eigenvalue weighted by atomic mass is 16.5. The Hall–Kier alpha value is -1.75. The minimum absolute atomic E-state index is 0.181. The van der Waals surface area contributed by atoms with Gasteiger partial charge in [0.2, 0.25) is 0 Å². The van der Waals surface area contributed by atoms with Crippen molar-refractivity contribution >= 4 is 5.97 Å². The SMILES string of the molecule is CCCCCCCCCCOCCCCCCCc1ccc(O)c(O)c1C(=O)O. The van der Waals surface area contributed by atoms with Crippen LogP contribution in [0.15, 0.2) is 12.1 Å². The van der Waals surface area contributed by atoms with Crippen LogP contribution in [0.2, 0.25) is 0 Å². The lowest BCUT2D eigenvalue weighted by molar-refractivity contribution is 0.0691. The molecule has 0 saturated carbocycles. The van der Waals surface area contributed by atoms with Crippen molar-refractivity contribution in [2.75, 3.05) is 13.2 Å². The summed E-state index contributed by atoms with van der Waals surface area (Å²) in [7, 11) is 0. The molecule has 0 fully saturated rings. The van der Waals surface area contributed by atoms with Crippen molar-refractivity contribution in [3.63, 3.8) is 0 Å². The van der Waals surface area contributed by atoms with Gasteiger partial charge in [-0.25, -0.2) is 4.79 Å². The van der Waals surface area contributed by atoms with Crippen molar-refractivity contribution < 1.29 is 24.9 Å². The molecule has 29 heavy (non-hydrogen) atoms. The van der Waals surface area contributed by atoms with Gasteiger partial charge < -0.3 is 20.1 Å². The predicted molar refractivity (Wildman–Crippen MR) is 117 cm³/mol. The Balaban J connectivity index is 1.97. The molecular weight excluding hydrogens is 368 g/mol. The Morgan fingerprint density at radius 3 is 1.86 bits per heavy atom. The molecule has 3 N–H and O–H groups in total. The van der Waals surface area contributed by atoms with Crippen LogP contribution in [0.25, 0.3) is 0 Å². The van der Waals surface area contributed by atoms with Gasteiger partial charge in [-0.3, -0.25) is 0 Å². The second kappa shape index (κ2) is 16.1. The first-order valence-electron chi connectivity index (χ1n) is 11.4. The van der Waals surface area contributed by atoms with Gasteiger partial charge in [0, 0.05) is 13.2 Å². The van der Waals surface area contributed by atoms with Crippen LogP contribution in [0.1, 0.15) is 106 Å². The summed E-state index contributed by atoms with van der Waals surface area (Å²) < 4.78 is 5.70. The summed E-state index contributed by atoms with van der Waals surface area (Å²) >= 11 is 0. The van der Waals surface area contributed by atoms with Gasteiger partial charge in [0.25, 0.3) is 0 Å². The Bertz CT molecular complexity index is 571. The van der Waals surface area contributed by atoms with Crippen LogP contribution in [0.3, 0.4) is 0 Å². The topological polar surface area (TPSA) is 87.0 Å². The van der Waals surface area contributed by atoms with Gasteiger partial charge in [0.15, 0.2) is 11.5 Å². The van der Waals surface area contributed by atoms with E-state index in [1.54, 1.807) is 6.07 Å². The molecule has 1 aromatic carbocycles. The van der Waals surface area contributed by atoms with E-state index in [1.807, 2.05) is 0 Å². The first-order chi connectivity index (χ1) is 14.1. The number of aromatic carboxylic acids is 1. The normalized spacial score (nSPS) is 11.1. The Morgan fingerprint density at radius 1 is 0.793 bits per heavy atom. The third kappa shape index (κ3) is 11.1. The third-order valence-electron chi connectivity index (χ3n) is 5.33. The van der Waals surface area contributed by atoms with Crippen LogP contribution < -0.4 is 0 Å². The number of carboxylic acids is 1. The van der Waals surface area contributed by atoms with Crippen LogP contribution in [0.4, 0.5) is 0 Å². The van der Waals surface area contributed by atoms with E-state index in [1.165, 1.54) is 57.4 Å². The van der Waals surface area contributed by atoms with Gasteiger partial charge in [0.05, 0.1) is 0 Å². The van der Waals surface area contributed by atoms with Crippen molar-refractivity contribution in [1.82, 2.24) is 0 Å². The average Bonchev–Trinajstić information content (AvgIpc) is 2.70. The second-order valence-corrected chi connectivity index (χ2v) is 7.88. The quantitative estimate of drug-likeness (QED) is 0.192. The molecule has 0 bridgehead atoms. The molecule has 166 valence electrons. The van der Waals surface area contributed by atoms with Crippen molar-refractivity contribution in [1.29, 1.82) is 0 Å². The summed E-state index contributed by atoms with van der Waals surface area (Å²) in [4.78, 5) is 11.3. The highest BCUT2D eigenvalue weighted by molar-refractivity contribution is 5.93. The summed E-state index contributed by atoms with van der Waals surface area (Å²) in [6.45, 7) is 3.95. The Morgan fingerprint density at radius 2 is 1.31 bits per heavy atom. The standard InChI is InChI=1S/C24H40O5/c1-2-3-4-5-6-7-10-13-18-29-19-14-11-8-9-12-15-20-16-17-21(25)23(26)22(20)24(27)28/h16-17,25-26H,2-15,18-19H2,1H3,(H,27,28). The number of aryl methyl sites for hydroxylation is 1. The van der Waals surface area contributed by atoms with E-state index in [-0.39, 0.29) is 5.56 Å². The van der Waals surface area contributed by atoms with Crippen LogP contribution in [-0.4, -0.2) is 34.5 Å². The van der Waals surface area contributed by atoms with Crippen molar-refractivity contribution in [2.24, 2.45) is 0 Å². The largest absolute Gasteiger partial charge is 0.504 e. The Kier molecular flexibility index (Phi) is 14.0. The summed E-state index contributed by atoms with van der Waals surface area (Å²) in [6, 6.07) is 2.93. The maximum Gasteiger partial charge on any atom is 0.339 e. The number of phenols is 2. The summed E-state index contributed by atoms with van der Waals surface area (Å²) in [5.41, 5.74) is 0.390. The van der Waals surface area contributed by atoms with Crippen molar-refractivity contribution in [2.45, 2.75) is 96.8 Å². The fourth-order valence-electron chi connectivity index (χ4n) is 3.56. The number of carboxylic acid groups (broad SMARTS) is 1. The lowest BCUT2D eigenvalue weighted by Gasteiger charge is -2.09. The number of hydrogen-bond donors (Lipinski definition) is 3. The molecule has 1 rings (SSSR count). The zero-order valence-electron chi connectivity index (χ0n) is 18.1. The molecule has 0 aliphatic heterocycles. The number of hydrogen-bond acceptors (Lipinski definition) is 4. The molecule has 0 heterocycles. The van der Waals surface area contributed by atoms with Crippen LogP contribution >= 0.6 is 0 Å². The maximum absolute atomic E-state index is 11.3. The smallest absolute Gasteiger partial charge is 0.339 e. The molecule has 0 atom stereocenters. The van der Waals surface area contributed by atoms with Gasteiger partial charge in [0.1, 0.15) is 5.56 Å². The van der Waals surface area contributed by atoms with E-state index in [0.29, 0.717) is 12.0 Å². The maximum atomic E-state index is 11.3. The molecule has 0 aliphatic carbocycles. The van der Waals surface area contributed by atoms with Crippen molar-refractivity contribution in [3.05, 3.63) is 23.3 Å². The van der Waals surface area contributed by atoms with E-state index in [0.717, 1.165) is 45.3 Å². The first kappa shape index (κ1) is 25.3. The Labute approximate surface area is 176 Å².